The van der Waals surface area contributed by atoms with Gasteiger partial charge < -0.3 is 5.32 Å². The fourth-order valence-corrected chi connectivity index (χ4v) is 1.88. The van der Waals surface area contributed by atoms with Gasteiger partial charge in [0.05, 0.1) is 6.20 Å². The van der Waals surface area contributed by atoms with Gasteiger partial charge >= 0.3 is 0 Å². The van der Waals surface area contributed by atoms with Crippen molar-refractivity contribution in [3.63, 3.8) is 0 Å². The van der Waals surface area contributed by atoms with Gasteiger partial charge in [-0.15, -0.1) is 0 Å². The van der Waals surface area contributed by atoms with Crippen LogP contribution in [0, 0.1) is 3.57 Å². The van der Waals surface area contributed by atoms with Crippen molar-refractivity contribution in [2.45, 2.75) is 26.4 Å². The van der Waals surface area contributed by atoms with E-state index in [1.54, 1.807) is 0 Å². The molecule has 3 nitrogen and oxygen atoms in total. The summed E-state index contributed by atoms with van der Waals surface area (Å²) in [6, 6.07) is 8.80. The first-order chi connectivity index (χ1) is 8.15. The molecule has 0 bridgehead atoms. The lowest BCUT2D eigenvalue weighted by Crippen LogP contribution is -2.01. The maximum atomic E-state index is 4.32. The van der Waals surface area contributed by atoms with Crippen molar-refractivity contribution in [2.24, 2.45) is 0 Å². The predicted octanol–water partition coefficient (Wildman–Crippen LogP) is 3.68. The summed E-state index contributed by atoms with van der Waals surface area (Å²) in [5.74, 6) is 0. The van der Waals surface area contributed by atoms with E-state index in [1.165, 1.54) is 9.13 Å². The summed E-state index contributed by atoms with van der Waals surface area (Å²) in [7, 11) is 0. The normalized spacial score (nSPS) is 10.8. The van der Waals surface area contributed by atoms with Crippen LogP contribution in [0.5, 0.6) is 0 Å². The zero-order valence-corrected chi connectivity index (χ0v) is 12.2. The monoisotopic (exact) mass is 341 g/mol. The Bertz CT molecular complexity index is 474. The van der Waals surface area contributed by atoms with E-state index in [4.69, 9.17) is 0 Å². The largest absolute Gasteiger partial charge is 0.381 e. The lowest BCUT2D eigenvalue weighted by molar-refractivity contribution is 0.532. The SMILES string of the molecule is CC(C)n1cc(CNc2ccc(I)cc2)cn1. The Balaban J connectivity index is 1.95. The lowest BCUT2D eigenvalue weighted by Gasteiger charge is -2.05. The third kappa shape index (κ3) is 3.46. The molecule has 0 saturated carbocycles. The second-order valence-electron chi connectivity index (χ2n) is 4.28. The highest BCUT2D eigenvalue weighted by Crippen LogP contribution is 2.13. The summed E-state index contributed by atoms with van der Waals surface area (Å²) in [4.78, 5) is 0. The highest BCUT2D eigenvalue weighted by atomic mass is 127. The molecular weight excluding hydrogens is 325 g/mol. The van der Waals surface area contributed by atoms with Gasteiger partial charge in [0.2, 0.25) is 0 Å². The number of halogens is 1. The van der Waals surface area contributed by atoms with Crippen molar-refractivity contribution in [2.75, 3.05) is 5.32 Å². The molecule has 0 aliphatic carbocycles. The molecule has 2 aromatic rings. The summed E-state index contributed by atoms with van der Waals surface area (Å²) in [5.41, 5.74) is 2.35. The molecule has 2 rings (SSSR count). The molecule has 17 heavy (non-hydrogen) atoms. The van der Waals surface area contributed by atoms with E-state index in [2.05, 4.69) is 77.3 Å². The summed E-state index contributed by atoms with van der Waals surface area (Å²) >= 11 is 2.31. The third-order valence-corrected chi connectivity index (χ3v) is 3.24. The first-order valence-corrected chi connectivity index (χ1v) is 6.75. The van der Waals surface area contributed by atoms with Crippen LogP contribution in [0.2, 0.25) is 0 Å². The Morgan fingerprint density at radius 1 is 1.29 bits per heavy atom. The number of nitrogens with zero attached hydrogens (tertiary/aromatic N) is 2. The van der Waals surface area contributed by atoms with E-state index in [0.717, 1.165) is 12.2 Å². The molecule has 4 heteroatoms. The van der Waals surface area contributed by atoms with E-state index >= 15 is 0 Å². The number of rotatable bonds is 4. The van der Waals surface area contributed by atoms with Crippen LogP contribution in [-0.2, 0) is 6.54 Å². The second kappa shape index (κ2) is 5.53. The van der Waals surface area contributed by atoms with Crippen LogP contribution in [-0.4, -0.2) is 9.78 Å². The van der Waals surface area contributed by atoms with Gasteiger partial charge in [-0.1, -0.05) is 0 Å². The molecule has 0 aliphatic heterocycles. The number of anilines is 1. The van der Waals surface area contributed by atoms with Gasteiger partial charge in [-0.3, -0.25) is 4.68 Å². The molecule has 90 valence electrons. The topological polar surface area (TPSA) is 29.9 Å². The number of hydrogen-bond acceptors (Lipinski definition) is 2. The van der Waals surface area contributed by atoms with Crippen molar-refractivity contribution < 1.29 is 0 Å². The van der Waals surface area contributed by atoms with Crippen molar-refractivity contribution in [1.29, 1.82) is 0 Å². The molecule has 1 aromatic heterocycles. The van der Waals surface area contributed by atoms with Crippen LogP contribution in [0.1, 0.15) is 25.5 Å². The number of hydrogen-bond donors (Lipinski definition) is 1. The van der Waals surface area contributed by atoms with Crippen LogP contribution < -0.4 is 5.32 Å². The van der Waals surface area contributed by atoms with Crippen LogP contribution in [0.25, 0.3) is 0 Å². The van der Waals surface area contributed by atoms with Gasteiger partial charge in [0.1, 0.15) is 0 Å². The molecule has 0 radical (unpaired) electrons. The summed E-state index contributed by atoms with van der Waals surface area (Å²) in [6.45, 7) is 5.07. The van der Waals surface area contributed by atoms with Crippen molar-refractivity contribution in [1.82, 2.24) is 9.78 Å². The highest BCUT2D eigenvalue weighted by molar-refractivity contribution is 14.1. The minimum absolute atomic E-state index is 0.419. The Morgan fingerprint density at radius 2 is 2.00 bits per heavy atom. The molecule has 0 saturated heterocycles. The van der Waals surface area contributed by atoms with Gasteiger partial charge in [-0.05, 0) is 60.7 Å². The fraction of sp³-hybridized carbons (Fsp3) is 0.308. The quantitative estimate of drug-likeness (QED) is 0.860. The molecular formula is C13H16IN3. The predicted molar refractivity (Wildman–Crippen MR) is 79.1 cm³/mol. The zero-order chi connectivity index (χ0) is 12.3. The lowest BCUT2D eigenvalue weighted by atomic mass is 10.3. The first-order valence-electron chi connectivity index (χ1n) is 5.67. The van der Waals surface area contributed by atoms with Crippen LogP contribution in [0.15, 0.2) is 36.7 Å². The van der Waals surface area contributed by atoms with E-state index in [9.17, 15) is 0 Å². The third-order valence-electron chi connectivity index (χ3n) is 2.52. The van der Waals surface area contributed by atoms with Crippen LogP contribution in [0.4, 0.5) is 5.69 Å². The Hall–Kier alpha value is -1.04. The maximum absolute atomic E-state index is 4.32. The molecule has 0 unspecified atom stereocenters. The minimum Gasteiger partial charge on any atom is -0.381 e. The van der Waals surface area contributed by atoms with Crippen LogP contribution >= 0.6 is 22.6 Å². The molecule has 1 N–H and O–H groups in total. The average molecular weight is 341 g/mol. The number of benzene rings is 1. The smallest absolute Gasteiger partial charge is 0.0539 e. The summed E-state index contributed by atoms with van der Waals surface area (Å²) in [6.07, 6.45) is 4.00. The molecule has 1 heterocycles. The van der Waals surface area contributed by atoms with Gasteiger partial charge in [0, 0.05) is 33.6 Å². The van der Waals surface area contributed by atoms with Crippen molar-refractivity contribution >= 4 is 28.3 Å². The second-order valence-corrected chi connectivity index (χ2v) is 5.53. The highest BCUT2D eigenvalue weighted by Gasteiger charge is 2.01. The zero-order valence-electron chi connectivity index (χ0n) is 10.0. The van der Waals surface area contributed by atoms with Crippen molar-refractivity contribution in [3.05, 3.63) is 45.8 Å². The Kier molecular flexibility index (Phi) is 4.04. The summed E-state index contributed by atoms with van der Waals surface area (Å²) in [5, 5.41) is 7.70. The molecule has 1 aromatic carbocycles. The summed E-state index contributed by atoms with van der Waals surface area (Å²) < 4.78 is 3.23. The van der Waals surface area contributed by atoms with Crippen LogP contribution in [0.3, 0.4) is 0 Å². The van der Waals surface area contributed by atoms with Gasteiger partial charge in [-0.2, -0.15) is 5.10 Å². The average Bonchev–Trinajstić information content (AvgIpc) is 2.77. The number of aromatic nitrogens is 2. The molecule has 0 fully saturated rings. The van der Waals surface area contributed by atoms with E-state index < -0.39 is 0 Å². The molecule has 0 atom stereocenters. The van der Waals surface area contributed by atoms with E-state index in [0.29, 0.717) is 6.04 Å². The van der Waals surface area contributed by atoms with Gasteiger partial charge in [0.25, 0.3) is 0 Å². The maximum Gasteiger partial charge on any atom is 0.0539 e. The number of nitrogens with one attached hydrogen (secondary N) is 1. The molecule has 0 amide bonds. The van der Waals surface area contributed by atoms with E-state index in [1.807, 2.05) is 10.9 Å². The molecule has 0 aliphatic rings. The van der Waals surface area contributed by atoms with Gasteiger partial charge in [-0.25, -0.2) is 0 Å². The minimum atomic E-state index is 0.419. The van der Waals surface area contributed by atoms with E-state index in [-0.39, 0.29) is 0 Å². The standard InChI is InChI=1S/C13H16IN3/c1-10(2)17-9-11(8-16-17)7-15-13-5-3-12(14)4-6-13/h3-6,8-10,15H,7H2,1-2H3. The fourth-order valence-electron chi connectivity index (χ4n) is 1.52. The Morgan fingerprint density at radius 3 is 2.59 bits per heavy atom. The molecule has 0 spiro atoms. The van der Waals surface area contributed by atoms with Crippen molar-refractivity contribution in [3.8, 4) is 0 Å². The first kappa shape index (κ1) is 12.4. The Labute approximate surface area is 115 Å². The van der Waals surface area contributed by atoms with Gasteiger partial charge in [0.15, 0.2) is 0 Å².